The molecule has 29 heavy (non-hydrogen) atoms. The minimum absolute atomic E-state index is 0.208. The monoisotopic (exact) mass is 452 g/mol. The summed E-state index contributed by atoms with van der Waals surface area (Å²) in [6, 6.07) is 0. The standard InChI is InChI=1S/C14H13F5O9S/c15-13(16,17)12(14(18,19)29(23,24)25)27-7(20)3-26-11(22)8-4-1-5-6(2-4)10(21)28-9(5)8/h4-6,8-9,12H,1-3H2,(H,23,24,25). The topological polar surface area (TPSA) is 133 Å². The molecule has 3 aliphatic rings. The van der Waals surface area contributed by atoms with Gasteiger partial charge in [-0.15, -0.1) is 0 Å². The molecule has 0 radical (unpaired) electrons. The molecule has 164 valence electrons. The van der Waals surface area contributed by atoms with E-state index in [9.17, 15) is 44.8 Å². The van der Waals surface area contributed by atoms with Gasteiger partial charge >= 0.3 is 39.5 Å². The van der Waals surface area contributed by atoms with Crippen LogP contribution in [0.5, 0.6) is 0 Å². The first-order chi connectivity index (χ1) is 13.1. The van der Waals surface area contributed by atoms with Crippen LogP contribution in [0.3, 0.4) is 0 Å². The predicted octanol–water partition coefficient (Wildman–Crippen LogP) is 0.682. The van der Waals surface area contributed by atoms with Crippen LogP contribution in [0.25, 0.3) is 0 Å². The quantitative estimate of drug-likeness (QED) is 0.267. The van der Waals surface area contributed by atoms with Gasteiger partial charge < -0.3 is 14.2 Å². The van der Waals surface area contributed by atoms with E-state index in [1.54, 1.807) is 0 Å². The Morgan fingerprint density at radius 1 is 1.21 bits per heavy atom. The number of alkyl halides is 5. The van der Waals surface area contributed by atoms with Crippen molar-refractivity contribution in [3.63, 3.8) is 0 Å². The van der Waals surface area contributed by atoms with Crippen molar-refractivity contribution >= 4 is 28.0 Å². The fourth-order valence-corrected chi connectivity index (χ4v) is 4.59. The Balaban J connectivity index is 1.62. The molecule has 2 aliphatic carbocycles. The molecule has 0 aromatic heterocycles. The van der Waals surface area contributed by atoms with Gasteiger partial charge in [-0.1, -0.05) is 0 Å². The van der Waals surface area contributed by atoms with Crippen LogP contribution in [-0.4, -0.2) is 61.1 Å². The normalized spacial score (nSPS) is 32.1. The molecule has 15 heteroatoms. The zero-order valence-corrected chi connectivity index (χ0v) is 14.9. The molecule has 0 aromatic carbocycles. The van der Waals surface area contributed by atoms with E-state index in [1.165, 1.54) is 0 Å². The molecule has 2 saturated carbocycles. The van der Waals surface area contributed by atoms with E-state index in [0.29, 0.717) is 12.8 Å². The summed E-state index contributed by atoms with van der Waals surface area (Å²) in [4.78, 5) is 35.2. The lowest BCUT2D eigenvalue weighted by atomic mass is 9.82. The molecule has 6 unspecified atom stereocenters. The Morgan fingerprint density at radius 2 is 1.83 bits per heavy atom. The molecule has 1 saturated heterocycles. The highest BCUT2D eigenvalue weighted by Gasteiger charge is 2.66. The maximum absolute atomic E-state index is 13.3. The molecule has 0 amide bonds. The van der Waals surface area contributed by atoms with Crippen LogP contribution >= 0.6 is 0 Å². The number of esters is 3. The van der Waals surface area contributed by atoms with Crippen LogP contribution in [0, 0.1) is 23.7 Å². The first-order valence-electron chi connectivity index (χ1n) is 8.12. The van der Waals surface area contributed by atoms with Gasteiger partial charge in [-0.05, 0) is 18.8 Å². The second kappa shape index (κ2) is 6.75. The maximum atomic E-state index is 13.3. The van der Waals surface area contributed by atoms with Crippen molar-refractivity contribution < 1.29 is 63.5 Å². The van der Waals surface area contributed by atoms with Crippen LogP contribution in [0.4, 0.5) is 22.0 Å². The van der Waals surface area contributed by atoms with Gasteiger partial charge in [-0.2, -0.15) is 30.4 Å². The molecule has 1 N–H and O–H groups in total. The second-order valence-corrected chi connectivity index (χ2v) is 8.48. The first-order valence-corrected chi connectivity index (χ1v) is 9.56. The highest BCUT2D eigenvalue weighted by molar-refractivity contribution is 7.86. The molecule has 2 bridgehead atoms. The van der Waals surface area contributed by atoms with Gasteiger partial charge in [0.15, 0.2) is 6.61 Å². The Kier molecular flexibility index (Phi) is 5.05. The summed E-state index contributed by atoms with van der Waals surface area (Å²) in [5.41, 5.74) is 0. The number of ether oxygens (including phenoxy) is 3. The van der Waals surface area contributed by atoms with Gasteiger partial charge in [0.2, 0.25) is 0 Å². The van der Waals surface area contributed by atoms with Gasteiger partial charge in [0.1, 0.15) is 6.10 Å². The summed E-state index contributed by atoms with van der Waals surface area (Å²) < 4.78 is 107. The number of hydrogen-bond acceptors (Lipinski definition) is 8. The van der Waals surface area contributed by atoms with E-state index >= 15 is 0 Å². The summed E-state index contributed by atoms with van der Waals surface area (Å²) in [6.45, 7) is -1.52. The lowest BCUT2D eigenvalue weighted by Crippen LogP contribution is -2.52. The summed E-state index contributed by atoms with van der Waals surface area (Å²) in [5, 5.41) is -5.89. The number of rotatable bonds is 6. The SMILES string of the molecule is O=C(COC(=O)C1C2CC3C(=O)OC1C3C2)OC(C(F)(F)F)C(F)(F)S(=O)(=O)O. The van der Waals surface area contributed by atoms with Gasteiger partial charge in [-0.25, -0.2) is 4.79 Å². The van der Waals surface area contributed by atoms with Crippen molar-refractivity contribution in [3.05, 3.63) is 0 Å². The average Bonchev–Trinajstić information content (AvgIpc) is 3.18. The molecule has 1 heterocycles. The molecule has 0 aromatic rings. The van der Waals surface area contributed by atoms with E-state index in [4.69, 9.17) is 9.29 Å². The smallest absolute Gasteiger partial charge is 0.432 e. The van der Waals surface area contributed by atoms with Crippen LogP contribution in [0.2, 0.25) is 0 Å². The lowest BCUT2D eigenvalue weighted by molar-refractivity contribution is -0.260. The van der Waals surface area contributed by atoms with Crippen molar-refractivity contribution in [1.29, 1.82) is 0 Å². The van der Waals surface area contributed by atoms with Crippen molar-refractivity contribution in [1.82, 2.24) is 0 Å². The van der Waals surface area contributed by atoms with Crippen molar-refractivity contribution in [2.45, 2.75) is 36.5 Å². The summed E-state index contributed by atoms with van der Waals surface area (Å²) in [5.74, 6) is -5.47. The first kappa shape index (κ1) is 21.7. The third-order valence-corrected chi connectivity index (χ3v) is 6.19. The minimum atomic E-state index is -6.58. The maximum Gasteiger partial charge on any atom is 0.432 e. The molecule has 9 nitrogen and oxygen atoms in total. The number of fused-ring (bicyclic) bond motifs is 1. The van der Waals surface area contributed by atoms with Gasteiger partial charge in [0.25, 0.3) is 6.10 Å². The predicted molar refractivity (Wildman–Crippen MR) is 76.5 cm³/mol. The molecule has 3 fully saturated rings. The second-order valence-electron chi connectivity index (χ2n) is 6.99. The van der Waals surface area contributed by atoms with E-state index in [2.05, 4.69) is 9.47 Å². The Bertz CT molecular complexity index is 839. The summed E-state index contributed by atoms with van der Waals surface area (Å²) in [6.07, 6.45) is -10.5. The minimum Gasteiger partial charge on any atom is -0.461 e. The Labute approximate surface area is 159 Å². The van der Waals surface area contributed by atoms with E-state index in [-0.39, 0.29) is 17.8 Å². The van der Waals surface area contributed by atoms with Crippen molar-refractivity contribution in [2.75, 3.05) is 6.61 Å². The fourth-order valence-electron chi connectivity index (χ4n) is 4.13. The summed E-state index contributed by atoms with van der Waals surface area (Å²) in [7, 11) is -6.58. The lowest BCUT2D eigenvalue weighted by Gasteiger charge is -2.26. The van der Waals surface area contributed by atoms with Crippen LogP contribution in [0.15, 0.2) is 0 Å². The molecular weight excluding hydrogens is 439 g/mol. The number of carbonyl (C=O) groups excluding carboxylic acids is 3. The summed E-state index contributed by atoms with van der Waals surface area (Å²) >= 11 is 0. The van der Waals surface area contributed by atoms with Crippen LogP contribution in [-0.2, 0) is 38.7 Å². The molecule has 1 aliphatic heterocycles. The Hall–Kier alpha value is -2.03. The zero-order valence-electron chi connectivity index (χ0n) is 14.1. The molecule has 0 spiro atoms. The van der Waals surface area contributed by atoms with Crippen LogP contribution in [0.1, 0.15) is 12.8 Å². The fraction of sp³-hybridized carbons (Fsp3) is 0.786. The van der Waals surface area contributed by atoms with Crippen LogP contribution < -0.4 is 0 Å². The number of carbonyl (C=O) groups is 3. The van der Waals surface area contributed by atoms with E-state index in [0.717, 1.165) is 0 Å². The number of halogens is 5. The van der Waals surface area contributed by atoms with E-state index in [1.807, 2.05) is 0 Å². The van der Waals surface area contributed by atoms with Gasteiger partial charge in [0.05, 0.1) is 11.8 Å². The third-order valence-electron chi connectivity index (χ3n) is 5.29. The number of hydrogen-bond donors (Lipinski definition) is 1. The van der Waals surface area contributed by atoms with Crippen molar-refractivity contribution in [2.24, 2.45) is 23.7 Å². The third kappa shape index (κ3) is 3.65. The molecule has 6 atom stereocenters. The van der Waals surface area contributed by atoms with Gasteiger partial charge in [-0.3, -0.25) is 14.1 Å². The highest BCUT2D eigenvalue weighted by atomic mass is 32.2. The average molecular weight is 452 g/mol. The zero-order chi connectivity index (χ0) is 21.9. The molecule has 3 rings (SSSR count). The highest BCUT2D eigenvalue weighted by Crippen LogP contribution is 2.57. The largest absolute Gasteiger partial charge is 0.461 e. The van der Waals surface area contributed by atoms with E-state index < -0.39 is 64.2 Å². The molecular formula is C14H13F5O9S. The van der Waals surface area contributed by atoms with Gasteiger partial charge in [0, 0.05) is 5.92 Å². The Morgan fingerprint density at radius 3 is 2.38 bits per heavy atom. The van der Waals surface area contributed by atoms with Crippen molar-refractivity contribution in [3.8, 4) is 0 Å².